The molecule has 0 saturated heterocycles. The molecule has 2 rings (SSSR count). The molecule has 0 atom stereocenters. The van der Waals surface area contributed by atoms with Crippen LogP contribution in [0.15, 0.2) is 18.3 Å². The third kappa shape index (κ3) is 3.16. The number of nitrogens with zero attached hydrogens (tertiary/aromatic N) is 1. The number of hydrogen-bond acceptors (Lipinski definition) is 3. The minimum atomic E-state index is -1.65. The second-order valence-corrected chi connectivity index (χ2v) is 5.41. The number of rotatable bonds is 4. The van der Waals surface area contributed by atoms with E-state index in [0.29, 0.717) is 6.42 Å². The Bertz CT molecular complexity index is 643. The van der Waals surface area contributed by atoms with Gasteiger partial charge in [0, 0.05) is 24.0 Å². The van der Waals surface area contributed by atoms with Crippen molar-refractivity contribution in [1.82, 2.24) is 10.3 Å². The summed E-state index contributed by atoms with van der Waals surface area (Å²) >= 11 is 1.50. The van der Waals surface area contributed by atoms with Crippen molar-refractivity contribution in [2.45, 2.75) is 13.3 Å². The highest BCUT2D eigenvalue weighted by atomic mass is 32.1. The van der Waals surface area contributed by atoms with Crippen molar-refractivity contribution >= 4 is 17.2 Å². The highest BCUT2D eigenvalue weighted by Gasteiger charge is 2.18. The predicted octanol–water partition coefficient (Wildman–Crippen LogP) is 2.84. The van der Waals surface area contributed by atoms with Crippen LogP contribution in [0, 0.1) is 24.4 Å². The van der Waals surface area contributed by atoms with E-state index in [1.165, 1.54) is 11.3 Å². The van der Waals surface area contributed by atoms with Crippen LogP contribution in [-0.4, -0.2) is 17.4 Å². The number of benzene rings is 1. The molecule has 1 N–H and O–H groups in total. The van der Waals surface area contributed by atoms with E-state index in [-0.39, 0.29) is 6.54 Å². The predicted molar refractivity (Wildman–Crippen MR) is 69.2 cm³/mol. The summed E-state index contributed by atoms with van der Waals surface area (Å²) in [7, 11) is 0. The van der Waals surface area contributed by atoms with Gasteiger partial charge in [-0.25, -0.2) is 18.2 Å². The summed E-state index contributed by atoms with van der Waals surface area (Å²) in [4.78, 5) is 16.8. The number of thiazole rings is 1. The Labute approximate surface area is 117 Å². The van der Waals surface area contributed by atoms with E-state index >= 15 is 0 Å². The zero-order valence-corrected chi connectivity index (χ0v) is 11.4. The lowest BCUT2D eigenvalue weighted by Gasteiger charge is -2.06. The van der Waals surface area contributed by atoms with Crippen LogP contribution in [0.5, 0.6) is 0 Å². The van der Waals surface area contributed by atoms with Crippen molar-refractivity contribution in [1.29, 1.82) is 0 Å². The standard InChI is InChI=1S/C13H11F3N2OS/c1-7-6-18-10(20-7)4-5-17-13(19)8-2-3-9(14)12(16)11(8)15/h2-3,6H,4-5H2,1H3,(H,17,19). The fraction of sp³-hybridized carbons (Fsp3) is 0.231. The first-order valence-corrected chi connectivity index (χ1v) is 6.63. The summed E-state index contributed by atoms with van der Waals surface area (Å²) in [6, 6.07) is 1.63. The molecule has 2 aromatic rings. The van der Waals surface area contributed by atoms with E-state index in [9.17, 15) is 18.0 Å². The van der Waals surface area contributed by atoms with Gasteiger partial charge in [-0.05, 0) is 19.1 Å². The molecule has 0 saturated carbocycles. The molecule has 0 aliphatic heterocycles. The first kappa shape index (κ1) is 14.5. The number of carbonyl (C=O) groups excluding carboxylic acids is 1. The highest BCUT2D eigenvalue weighted by Crippen LogP contribution is 2.15. The lowest BCUT2D eigenvalue weighted by atomic mass is 10.2. The van der Waals surface area contributed by atoms with Crippen molar-refractivity contribution in [2.75, 3.05) is 6.54 Å². The van der Waals surface area contributed by atoms with Gasteiger partial charge in [0.15, 0.2) is 17.5 Å². The van der Waals surface area contributed by atoms with Crippen LogP contribution in [0.4, 0.5) is 13.2 Å². The van der Waals surface area contributed by atoms with E-state index in [1.807, 2.05) is 6.92 Å². The zero-order chi connectivity index (χ0) is 14.7. The molecule has 0 aliphatic rings. The Hall–Kier alpha value is -1.89. The van der Waals surface area contributed by atoms with Gasteiger partial charge in [0.1, 0.15) is 0 Å². The lowest BCUT2D eigenvalue weighted by molar-refractivity contribution is 0.0949. The quantitative estimate of drug-likeness (QED) is 0.882. The molecule has 1 aromatic carbocycles. The molecular formula is C13H11F3N2OS. The number of hydrogen-bond donors (Lipinski definition) is 1. The maximum Gasteiger partial charge on any atom is 0.254 e. The Morgan fingerprint density at radius 2 is 2.05 bits per heavy atom. The van der Waals surface area contributed by atoms with Crippen LogP contribution < -0.4 is 5.32 Å². The Morgan fingerprint density at radius 1 is 1.30 bits per heavy atom. The molecule has 3 nitrogen and oxygen atoms in total. The van der Waals surface area contributed by atoms with Crippen LogP contribution >= 0.6 is 11.3 Å². The average Bonchev–Trinajstić information content (AvgIpc) is 2.82. The minimum absolute atomic E-state index is 0.240. The number of nitrogens with one attached hydrogen (secondary N) is 1. The SMILES string of the molecule is Cc1cnc(CCNC(=O)c2ccc(F)c(F)c2F)s1. The van der Waals surface area contributed by atoms with Crippen LogP contribution in [0.2, 0.25) is 0 Å². The topological polar surface area (TPSA) is 42.0 Å². The van der Waals surface area contributed by atoms with E-state index in [4.69, 9.17) is 0 Å². The van der Waals surface area contributed by atoms with E-state index < -0.39 is 28.9 Å². The second-order valence-electron chi connectivity index (χ2n) is 4.09. The molecule has 1 amide bonds. The molecule has 20 heavy (non-hydrogen) atoms. The van der Waals surface area contributed by atoms with Gasteiger partial charge >= 0.3 is 0 Å². The van der Waals surface area contributed by atoms with E-state index in [0.717, 1.165) is 22.0 Å². The molecule has 106 valence electrons. The van der Waals surface area contributed by atoms with Gasteiger partial charge in [0.2, 0.25) is 0 Å². The summed E-state index contributed by atoms with van der Waals surface area (Å²) in [6.45, 7) is 2.15. The summed E-state index contributed by atoms with van der Waals surface area (Å²) in [5.41, 5.74) is -0.515. The van der Waals surface area contributed by atoms with Gasteiger partial charge in [-0.3, -0.25) is 4.79 Å². The second kappa shape index (κ2) is 6.04. The molecule has 0 bridgehead atoms. The molecule has 1 heterocycles. The highest BCUT2D eigenvalue weighted by molar-refractivity contribution is 7.11. The van der Waals surface area contributed by atoms with Gasteiger partial charge in [-0.15, -0.1) is 11.3 Å². The number of aryl methyl sites for hydroxylation is 1. The number of aromatic nitrogens is 1. The molecule has 0 aliphatic carbocycles. The van der Waals surface area contributed by atoms with Crippen LogP contribution in [-0.2, 0) is 6.42 Å². The van der Waals surface area contributed by atoms with Gasteiger partial charge in [0.05, 0.1) is 10.6 Å². The van der Waals surface area contributed by atoms with Gasteiger partial charge < -0.3 is 5.32 Å². The molecular weight excluding hydrogens is 289 g/mol. The summed E-state index contributed by atoms with van der Waals surface area (Å²) < 4.78 is 39.1. The van der Waals surface area contributed by atoms with Crippen molar-refractivity contribution in [3.8, 4) is 0 Å². The van der Waals surface area contributed by atoms with Crippen LogP contribution in [0.1, 0.15) is 20.2 Å². The number of carbonyl (C=O) groups is 1. The fourth-order valence-corrected chi connectivity index (χ4v) is 2.38. The molecule has 0 radical (unpaired) electrons. The molecule has 0 spiro atoms. The zero-order valence-electron chi connectivity index (χ0n) is 10.5. The van der Waals surface area contributed by atoms with Crippen LogP contribution in [0.25, 0.3) is 0 Å². The number of amides is 1. The van der Waals surface area contributed by atoms with Gasteiger partial charge in [0.25, 0.3) is 5.91 Å². The third-order valence-electron chi connectivity index (χ3n) is 2.57. The number of halogens is 3. The monoisotopic (exact) mass is 300 g/mol. The smallest absolute Gasteiger partial charge is 0.254 e. The average molecular weight is 300 g/mol. The fourth-order valence-electron chi connectivity index (χ4n) is 1.60. The molecule has 0 fully saturated rings. The summed E-state index contributed by atoms with van der Waals surface area (Å²) in [5.74, 6) is -5.23. The van der Waals surface area contributed by atoms with Crippen LogP contribution in [0.3, 0.4) is 0 Å². The molecule has 0 unspecified atom stereocenters. The Kier molecular flexibility index (Phi) is 4.39. The largest absolute Gasteiger partial charge is 0.352 e. The van der Waals surface area contributed by atoms with Gasteiger partial charge in [-0.1, -0.05) is 0 Å². The summed E-state index contributed by atoms with van der Waals surface area (Å²) in [6.07, 6.45) is 2.21. The van der Waals surface area contributed by atoms with E-state index in [2.05, 4.69) is 10.3 Å². The molecule has 7 heteroatoms. The first-order valence-electron chi connectivity index (χ1n) is 5.82. The first-order chi connectivity index (χ1) is 9.49. The van der Waals surface area contributed by atoms with Gasteiger partial charge in [-0.2, -0.15) is 0 Å². The van der Waals surface area contributed by atoms with Crippen molar-refractivity contribution in [3.63, 3.8) is 0 Å². The summed E-state index contributed by atoms with van der Waals surface area (Å²) in [5, 5.41) is 3.28. The Balaban J connectivity index is 1.97. The molecule has 1 aromatic heterocycles. The lowest BCUT2D eigenvalue weighted by Crippen LogP contribution is -2.27. The third-order valence-corrected chi connectivity index (χ3v) is 3.55. The van der Waals surface area contributed by atoms with Crippen molar-refractivity contribution in [3.05, 3.63) is 51.2 Å². The maximum absolute atomic E-state index is 13.4. The maximum atomic E-state index is 13.4. The normalized spacial score (nSPS) is 10.6. The van der Waals surface area contributed by atoms with E-state index in [1.54, 1.807) is 6.20 Å². The minimum Gasteiger partial charge on any atom is -0.352 e. The van der Waals surface area contributed by atoms with Crippen molar-refractivity contribution < 1.29 is 18.0 Å². The Morgan fingerprint density at radius 3 is 2.70 bits per heavy atom. The van der Waals surface area contributed by atoms with Crippen molar-refractivity contribution in [2.24, 2.45) is 0 Å².